The van der Waals surface area contributed by atoms with Gasteiger partial charge in [-0.2, -0.15) is 0 Å². The molecule has 2 saturated heterocycles. The molecule has 6 nitrogen and oxygen atoms in total. The highest BCUT2D eigenvalue weighted by atomic mass is 16.2. The van der Waals surface area contributed by atoms with E-state index >= 15 is 0 Å². The molecule has 180 valence electrons. The van der Waals surface area contributed by atoms with Crippen LogP contribution in [0.4, 0.5) is 0 Å². The third-order valence-electron chi connectivity index (χ3n) is 7.89. The first-order valence-electron chi connectivity index (χ1n) is 13.0. The Morgan fingerprint density at radius 3 is 2.42 bits per heavy atom. The topological polar surface area (TPSA) is 69.7 Å². The maximum absolute atomic E-state index is 13.6. The molecular weight excluding hydrogens is 414 g/mol. The lowest BCUT2D eigenvalue weighted by Gasteiger charge is -2.37. The molecule has 2 heterocycles. The predicted octanol–water partition coefficient (Wildman–Crippen LogP) is 4.00. The third kappa shape index (κ3) is 5.42. The summed E-state index contributed by atoms with van der Waals surface area (Å²) < 4.78 is 0. The van der Waals surface area contributed by atoms with Crippen molar-refractivity contribution in [3.63, 3.8) is 0 Å². The van der Waals surface area contributed by atoms with Crippen molar-refractivity contribution in [2.45, 2.75) is 83.2 Å². The van der Waals surface area contributed by atoms with Gasteiger partial charge in [-0.15, -0.1) is 0 Å². The molecule has 1 aromatic carbocycles. The molecular formula is C27H39N3O3. The summed E-state index contributed by atoms with van der Waals surface area (Å²) in [5, 5.41) is 3.06. The zero-order valence-electron chi connectivity index (χ0n) is 20.0. The van der Waals surface area contributed by atoms with E-state index in [1.165, 1.54) is 6.42 Å². The zero-order valence-corrected chi connectivity index (χ0v) is 20.0. The van der Waals surface area contributed by atoms with E-state index in [1.54, 1.807) is 0 Å². The lowest BCUT2D eigenvalue weighted by molar-refractivity contribution is -0.139. The summed E-state index contributed by atoms with van der Waals surface area (Å²) in [4.78, 5) is 43.5. The van der Waals surface area contributed by atoms with Crippen LogP contribution in [0.2, 0.25) is 0 Å². The molecule has 4 rings (SSSR count). The Morgan fingerprint density at radius 2 is 1.70 bits per heavy atom. The van der Waals surface area contributed by atoms with Crippen molar-refractivity contribution in [3.8, 4) is 0 Å². The number of carbonyl (C=O) groups excluding carboxylic acids is 3. The highest BCUT2D eigenvalue weighted by molar-refractivity contribution is 5.98. The van der Waals surface area contributed by atoms with E-state index in [9.17, 15) is 14.4 Å². The van der Waals surface area contributed by atoms with Gasteiger partial charge in [0, 0.05) is 37.2 Å². The Hall–Kier alpha value is -2.37. The van der Waals surface area contributed by atoms with E-state index in [2.05, 4.69) is 12.2 Å². The van der Waals surface area contributed by atoms with Gasteiger partial charge in [0.1, 0.15) is 6.04 Å². The standard InChI is InChI=1S/C27H39N3O3/c1-2-3-9-16-28-25(31)20-14-17-29(18-15-20)27(33)24-19-22-12-7-8-13-23(22)30(24)26(32)21-10-5-4-6-11-21/h4-6,10-11,20,22-24H,2-3,7-9,12-19H2,1H3,(H,28,31). The summed E-state index contributed by atoms with van der Waals surface area (Å²) in [6.45, 7) is 4.10. The number of unbranched alkanes of at least 4 members (excludes halogenated alkanes) is 2. The van der Waals surface area contributed by atoms with Gasteiger partial charge in [-0.25, -0.2) is 0 Å². The number of hydrogen-bond acceptors (Lipinski definition) is 3. The largest absolute Gasteiger partial charge is 0.356 e. The van der Waals surface area contributed by atoms with Gasteiger partial charge in [0.2, 0.25) is 11.8 Å². The van der Waals surface area contributed by atoms with E-state index in [0.717, 1.165) is 51.5 Å². The minimum Gasteiger partial charge on any atom is -0.356 e. The number of rotatable bonds is 7. The van der Waals surface area contributed by atoms with E-state index < -0.39 is 0 Å². The lowest BCUT2D eigenvalue weighted by atomic mass is 9.84. The van der Waals surface area contributed by atoms with Crippen LogP contribution in [0.3, 0.4) is 0 Å². The molecule has 6 heteroatoms. The van der Waals surface area contributed by atoms with Crippen molar-refractivity contribution < 1.29 is 14.4 Å². The second kappa shape index (κ2) is 11.2. The molecule has 3 amide bonds. The van der Waals surface area contributed by atoms with Gasteiger partial charge in [-0.05, 0) is 56.6 Å². The van der Waals surface area contributed by atoms with Crippen LogP contribution in [-0.4, -0.2) is 59.2 Å². The molecule has 33 heavy (non-hydrogen) atoms. The number of amides is 3. The first-order chi connectivity index (χ1) is 16.1. The molecule has 2 aliphatic heterocycles. The van der Waals surface area contributed by atoms with Crippen LogP contribution >= 0.6 is 0 Å². The molecule has 3 fully saturated rings. The summed E-state index contributed by atoms with van der Waals surface area (Å²) in [5.74, 6) is 0.613. The van der Waals surface area contributed by atoms with Gasteiger partial charge < -0.3 is 15.1 Å². The molecule has 0 spiro atoms. The van der Waals surface area contributed by atoms with E-state index in [1.807, 2.05) is 40.1 Å². The van der Waals surface area contributed by atoms with Crippen molar-refractivity contribution in [2.24, 2.45) is 11.8 Å². The van der Waals surface area contributed by atoms with Crippen molar-refractivity contribution in [3.05, 3.63) is 35.9 Å². The normalized spacial score (nSPS) is 25.5. The molecule has 3 atom stereocenters. The van der Waals surface area contributed by atoms with Crippen molar-refractivity contribution in [1.82, 2.24) is 15.1 Å². The van der Waals surface area contributed by atoms with Crippen molar-refractivity contribution >= 4 is 17.7 Å². The van der Waals surface area contributed by atoms with Gasteiger partial charge >= 0.3 is 0 Å². The summed E-state index contributed by atoms with van der Waals surface area (Å²) in [7, 11) is 0. The number of benzene rings is 1. The van der Waals surface area contributed by atoms with Gasteiger partial charge in [0.25, 0.3) is 5.91 Å². The summed E-state index contributed by atoms with van der Waals surface area (Å²) in [6.07, 6.45) is 9.90. The van der Waals surface area contributed by atoms with Crippen LogP contribution in [0.5, 0.6) is 0 Å². The number of carbonyl (C=O) groups is 3. The number of nitrogens with one attached hydrogen (secondary N) is 1. The fraction of sp³-hybridized carbons (Fsp3) is 0.667. The van der Waals surface area contributed by atoms with Crippen LogP contribution < -0.4 is 5.32 Å². The van der Waals surface area contributed by atoms with E-state index in [-0.39, 0.29) is 35.7 Å². The molecule has 1 aliphatic carbocycles. The third-order valence-corrected chi connectivity index (χ3v) is 7.89. The molecule has 0 radical (unpaired) electrons. The highest BCUT2D eigenvalue weighted by Gasteiger charge is 2.48. The molecule has 3 aliphatic rings. The Labute approximate surface area is 198 Å². The molecule has 0 bridgehead atoms. The van der Waals surface area contributed by atoms with Gasteiger partial charge in [-0.3, -0.25) is 14.4 Å². The Kier molecular flexibility index (Phi) is 8.05. The van der Waals surface area contributed by atoms with Crippen LogP contribution in [0.15, 0.2) is 30.3 Å². The monoisotopic (exact) mass is 453 g/mol. The summed E-state index contributed by atoms with van der Waals surface area (Å²) in [5.41, 5.74) is 0.667. The van der Waals surface area contributed by atoms with E-state index in [4.69, 9.17) is 0 Å². The fourth-order valence-electron chi connectivity index (χ4n) is 6.01. The Bertz CT molecular complexity index is 819. The average molecular weight is 454 g/mol. The molecule has 1 aromatic rings. The molecule has 3 unspecified atom stereocenters. The average Bonchev–Trinajstić information content (AvgIpc) is 3.26. The number of piperidine rings is 1. The Balaban J connectivity index is 1.39. The first kappa shape index (κ1) is 23.8. The number of hydrogen-bond donors (Lipinski definition) is 1. The molecule has 0 aromatic heterocycles. The zero-order chi connectivity index (χ0) is 23.2. The highest BCUT2D eigenvalue weighted by Crippen LogP contribution is 2.41. The minimum atomic E-state index is -0.370. The maximum Gasteiger partial charge on any atom is 0.254 e. The Morgan fingerprint density at radius 1 is 0.970 bits per heavy atom. The van der Waals surface area contributed by atoms with Crippen molar-refractivity contribution in [1.29, 1.82) is 0 Å². The van der Waals surface area contributed by atoms with Gasteiger partial charge in [-0.1, -0.05) is 50.8 Å². The number of nitrogens with zero attached hydrogens (tertiary/aromatic N) is 2. The second-order valence-corrected chi connectivity index (χ2v) is 10.0. The van der Waals surface area contributed by atoms with Gasteiger partial charge in [0.15, 0.2) is 0 Å². The minimum absolute atomic E-state index is 0.00954. The van der Waals surface area contributed by atoms with Crippen LogP contribution in [-0.2, 0) is 9.59 Å². The molecule has 1 N–H and O–H groups in total. The van der Waals surface area contributed by atoms with E-state index in [0.29, 0.717) is 37.4 Å². The first-order valence-corrected chi connectivity index (χ1v) is 13.0. The van der Waals surface area contributed by atoms with Crippen LogP contribution in [0, 0.1) is 11.8 Å². The summed E-state index contributed by atoms with van der Waals surface area (Å²) in [6, 6.07) is 9.19. The SMILES string of the molecule is CCCCCNC(=O)C1CCN(C(=O)C2CC3CCCCC3N2C(=O)c2ccccc2)CC1. The maximum atomic E-state index is 13.6. The second-order valence-electron chi connectivity index (χ2n) is 10.0. The fourth-order valence-corrected chi connectivity index (χ4v) is 6.01. The predicted molar refractivity (Wildman–Crippen MR) is 129 cm³/mol. The quantitative estimate of drug-likeness (QED) is 0.635. The summed E-state index contributed by atoms with van der Waals surface area (Å²) >= 11 is 0. The van der Waals surface area contributed by atoms with Crippen molar-refractivity contribution in [2.75, 3.05) is 19.6 Å². The number of likely N-dealkylation sites (tertiary alicyclic amines) is 2. The van der Waals surface area contributed by atoms with Crippen LogP contribution in [0.1, 0.15) is 81.5 Å². The van der Waals surface area contributed by atoms with Gasteiger partial charge in [0.05, 0.1) is 0 Å². The molecule has 1 saturated carbocycles. The lowest BCUT2D eigenvalue weighted by Crippen LogP contribution is -2.53. The van der Waals surface area contributed by atoms with Crippen LogP contribution in [0.25, 0.3) is 0 Å². The number of fused-ring (bicyclic) bond motifs is 1. The smallest absolute Gasteiger partial charge is 0.254 e.